The van der Waals surface area contributed by atoms with Crippen molar-refractivity contribution in [1.82, 2.24) is 24.4 Å². The van der Waals surface area contributed by atoms with Crippen molar-refractivity contribution in [2.45, 2.75) is 44.3 Å². The van der Waals surface area contributed by atoms with Crippen molar-refractivity contribution in [2.75, 3.05) is 33.2 Å². The van der Waals surface area contributed by atoms with Gasteiger partial charge in [-0.3, -0.25) is 0 Å². The van der Waals surface area contributed by atoms with Crippen molar-refractivity contribution in [3.63, 3.8) is 0 Å². The van der Waals surface area contributed by atoms with Gasteiger partial charge in [0.05, 0.1) is 17.9 Å². The molecule has 2 fully saturated rings. The Labute approximate surface area is 186 Å². The molecule has 5 heterocycles. The molecule has 9 heteroatoms. The van der Waals surface area contributed by atoms with Gasteiger partial charge in [0.1, 0.15) is 30.4 Å². The van der Waals surface area contributed by atoms with Gasteiger partial charge >= 0.3 is 6.09 Å². The van der Waals surface area contributed by atoms with Gasteiger partial charge in [-0.15, -0.1) is 0 Å². The van der Waals surface area contributed by atoms with E-state index >= 15 is 0 Å². The number of amides is 1. The summed E-state index contributed by atoms with van der Waals surface area (Å²) in [5.41, 5.74) is 2.94. The van der Waals surface area contributed by atoms with Crippen molar-refractivity contribution in [3.05, 3.63) is 48.4 Å². The Hall–Kier alpha value is -3.07. The van der Waals surface area contributed by atoms with Gasteiger partial charge in [-0.25, -0.2) is 14.3 Å². The molecule has 170 valence electrons. The summed E-state index contributed by atoms with van der Waals surface area (Å²) >= 11 is 0. The van der Waals surface area contributed by atoms with Gasteiger partial charge in [0.2, 0.25) is 0 Å². The fourth-order valence-electron chi connectivity index (χ4n) is 4.57. The molecule has 0 atom stereocenters. The lowest BCUT2D eigenvalue weighted by molar-refractivity contribution is 0.0861. The van der Waals surface area contributed by atoms with Crippen LogP contribution in [-0.2, 0) is 11.3 Å². The first-order chi connectivity index (χ1) is 15.7. The summed E-state index contributed by atoms with van der Waals surface area (Å²) in [6, 6.07) is 4.15. The smallest absolute Gasteiger partial charge is 0.410 e. The monoisotopic (exact) mass is 439 g/mol. The van der Waals surface area contributed by atoms with E-state index in [1.54, 1.807) is 4.90 Å². The van der Waals surface area contributed by atoms with Crippen molar-refractivity contribution >= 4 is 11.6 Å². The van der Waals surface area contributed by atoms with E-state index in [0.717, 1.165) is 50.0 Å². The fourth-order valence-corrected chi connectivity index (χ4v) is 4.57. The van der Waals surface area contributed by atoms with Crippen LogP contribution in [0.5, 0.6) is 5.75 Å². The maximum Gasteiger partial charge on any atom is 0.410 e. The van der Waals surface area contributed by atoms with E-state index in [4.69, 9.17) is 13.9 Å². The third kappa shape index (κ3) is 4.57. The van der Waals surface area contributed by atoms with E-state index in [1.165, 1.54) is 18.2 Å². The van der Waals surface area contributed by atoms with E-state index in [0.29, 0.717) is 24.7 Å². The molecule has 1 amide bonds. The molecular weight excluding hydrogens is 410 g/mol. The number of likely N-dealkylation sites (tertiary alicyclic amines) is 2. The van der Waals surface area contributed by atoms with Crippen LogP contribution in [-0.4, -0.2) is 69.8 Å². The molecule has 3 aromatic rings. The number of hydrogen-bond acceptors (Lipinski definition) is 7. The fraction of sp³-hybridized carbons (Fsp3) is 0.522. The second-order valence-electron chi connectivity index (χ2n) is 8.71. The first-order valence-corrected chi connectivity index (χ1v) is 11.3. The number of rotatable bonds is 5. The minimum absolute atomic E-state index is 0.130. The third-order valence-electron chi connectivity index (χ3n) is 6.51. The summed E-state index contributed by atoms with van der Waals surface area (Å²) in [7, 11) is 2.15. The highest BCUT2D eigenvalue weighted by Gasteiger charge is 2.27. The first kappa shape index (κ1) is 20.8. The molecule has 0 N–H and O–H groups in total. The number of oxazole rings is 1. The van der Waals surface area contributed by atoms with Crippen molar-refractivity contribution in [3.8, 4) is 5.75 Å². The maximum atomic E-state index is 12.3. The predicted octanol–water partition coefficient (Wildman–Crippen LogP) is 3.31. The quantitative estimate of drug-likeness (QED) is 0.603. The van der Waals surface area contributed by atoms with Gasteiger partial charge < -0.3 is 23.7 Å². The SMILES string of the molecule is CN1CCC(Oc2ccc3c(C4CCN(C(=O)OCc5cocn5)CC4)cnn3c2)CC1. The van der Waals surface area contributed by atoms with E-state index in [-0.39, 0.29) is 18.8 Å². The minimum Gasteiger partial charge on any atom is -0.489 e. The van der Waals surface area contributed by atoms with E-state index in [2.05, 4.69) is 34.2 Å². The molecule has 5 rings (SSSR count). The Morgan fingerprint density at radius 1 is 1.16 bits per heavy atom. The van der Waals surface area contributed by atoms with Crippen LogP contribution >= 0.6 is 0 Å². The molecular formula is C23H29N5O4. The van der Waals surface area contributed by atoms with E-state index < -0.39 is 0 Å². The minimum atomic E-state index is -0.304. The Morgan fingerprint density at radius 2 is 1.97 bits per heavy atom. The Morgan fingerprint density at radius 3 is 2.72 bits per heavy atom. The molecule has 0 unspecified atom stereocenters. The van der Waals surface area contributed by atoms with Crippen molar-refractivity contribution in [2.24, 2.45) is 0 Å². The van der Waals surface area contributed by atoms with Gasteiger partial charge in [-0.05, 0) is 50.8 Å². The van der Waals surface area contributed by atoms with Crippen LogP contribution in [0.25, 0.3) is 5.52 Å². The molecule has 9 nitrogen and oxygen atoms in total. The largest absolute Gasteiger partial charge is 0.489 e. The molecule has 2 aliphatic heterocycles. The summed E-state index contributed by atoms with van der Waals surface area (Å²) in [6.07, 6.45) is 10.6. The summed E-state index contributed by atoms with van der Waals surface area (Å²) < 4.78 is 18.3. The van der Waals surface area contributed by atoms with Gasteiger partial charge in [0, 0.05) is 31.7 Å². The van der Waals surface area contributed by atoms with Crippen LogP contribution < -0.4 is 4.74 Å². The molecule has 0 spiro atoms. The van der Waals surface area contributed by atoms with E-state index in [1.807, 2.05) is 16.9 Å². The number of carbonyl (C=O) groups is 1. The second kappa shape index (κ2) is 9.20. The molecule has 2 aliphatic rings. The zero-order valence-corrected chi connectivity index (χ0v) is 18.4. The number of pyridine rings is 1. The molecule has 0 radical (unpaired) electrons. The van der Waals surface area contributed by atoms with Crippen molar-refractivity contribution < 1.29 is 18.7 Å². The topological polar surface area (TPSA) is 85.3 Å². The van der Waals surface area contributed by atoms with Crippen molar-refractivity contribution in [1.29, 1.82) is 0 Å². The predicted molar refractivity (Wildman–Crippen MR) is 117 cm³/mol. The summed E-state index contributed by atoms with van der Waals surface area (Å²) in [5.74, 6) is 1.24. The average molecular weight is 440 g/mol. The molecule has 0 saturated carbocycles. The highest BCUT2D eigenvalue weighted by atomic mass is 16.6. The normalized spacial score (nSPS) is 18.8. The maximum absolute atomic E-state index is 12.3. The second-order valence-corrected chi connectivity index (χ2v) is 8.71. The van der Waals surface area contributed by atoms with Gasteiger partial charge in [-0.2, -0.15) is 5.10 Å². The van der Waals surface area contributed by atoms with E-state index in [9.17, 15) is 4.79 Å². The average Bonchev–Trinajstić information content (AvgIpc) is 3.49. The highest BCUT2D eigenvalue weighted by Crippen LogP contribution is 2.32. The number of nitrogens with zero attached hydrogens (tertiary/aromatic N) is 5. The lowest BCUT2D eigenvalue weighted by Crippen LogP contribution is -2.38. The summed E-state index contributed by atoms with van der Waals surface area (Å²) in [6.45, 7) is 3.61. The van der Waals surface area contributed by atoms with Crippen LogP contribution in [0.4, 0.5) is 4.79 Å². The lowest BCUT2D eigenvalue weighted by atomic mass is 9.90. The van der Waals surface area contributed by atoms with Gasteiger partial charge in [-0.1, -0.05) is 0 Å². The Balaban J connectivity index is 1.17. The zero-order chi connectivity index (χ0) is 21.9. The number of piperidine rings is 2. The summed E-state index contributed by atoms with van der Waals surface area (Å²) in [5, 5.41) is 4.58. The third-order valence-corrected chi connectivity index (χ3v) is 6.51. The van der Waals surface area contributed by atoms with Crippen LogP contribution in [0.2, 0.25) is 0 Å². The summed E-state index contributed by atoms with van der Waals surface area (Å²) in [4.78, 5) is 20.4. The molecule has 3 aromatic heterocycles. The molecule has 32 heavy (non-hydrogen) atoms. The Bertz CT molecular complexity index is 1030. The number of hydrogen-bond donors (Lipinski definition) is 0. The van der Waals surface area contributed by atoms with Crippen LogP contribution in [0.1, 0.15) is 42.9 Å². The number of fused-ring (bicyclic) bond motifs is 1. The standard InChI is InChI=1S/C23H29N5O4/c1-26-8-6-19(7-9-26)32-20-2-3-22-21(12-25-28(22)13-20)17-4-10-27(11-5-17)23(29)31-15-18-14-30-16-24-18/h2-3,12-14,16-17,19H,4-11,15H2,1H3. The van der Waals surface area contributed by atoms with Crippen LogP contribution in [0.3, 0.4) is 0 Å². The highest BCUT2D eigenvalue weighted by molar-refractivity contribution is 5.68. The van der Waals surface area contributed by atoms with Gasteiger partial charge in [0.15, 0.2) is 6.39 Å². The lowest BCUT2D eigenvalue weighted by Gasteiger charge is -2.31. The van der Waals surface area contributed by atoms with Gasteiger partial charge in [0.25, 0.3) is 0 Å². The Kier molecular flexibility index (Phi) is 5.98. The number of ether oxygens (including phenoxy) is 2. The number of carbonyl (C=O) groups excluding carboxylic acids is 1. The van der Waals surface area contributed by atoms with Crippen LogP contribution in [0, 0.1) is 0 Å². The first-order valence-electron chi connectivity index (χ1n) is 11.3. The zero-order valence-electron chi connectivity index (χ0n) is 18.4. The molecule has 0 bridgehead atoms. The molecule has 2 saturated heterocycles. The van der Waals surface area contributed by atoms with Crippen LogP contribution in [0.15, 0.2) is 41.6 Å². The molecule has 0 aliphatic carbocycles. The molecule has 0 aromatic carbocycles. The number of aromatic nitrogens is 3.